The van der Waals surface area contributed by atoms with E-state index in [2.05, 4.69) is 56.0 Å². The Hall–Kier alpha value is -0.350. The number of hydrogen-bond acceptors (Lipinski definition) is 0. The molecule has 1 aromatic rings. The Bertz CT molecular complexity index is 224. The first-order chi connectivity index (χ1) is 5.95. The predicted octanol–water partition coefficient (Wildman–Crippen LogP) is 2.35. The van der Waals surface area contributed by atoms with Crippen LogP contribution in [0.15, 0.2) is 30.3 Å². The fraction of sp³-hybridized carbons (Fsp3) is 0. The first kappa shape index (κ1) is 8.26. The van der Waals surface area contributed by atoms with Crippen LogP contribution in [0.3, 0.4) is 0 Å². The van der Waals surface area contributed by atoms with Crippen LogP contribution in [0.4, 0.5) is 0 Å². The van der Waals surface area contributed by atoms with Gasteiger partial charge in [0, 0.05) is 5.66 Å². The molecule has 0 aromatic heterocycles. The van der Waals surface area contributed by atoms with Gasteiger partial charge < -0.3 is 0 Å². The molecule has 0 heterocycles. The zero-order chi connectivity index (χ0) is 8.23. The lowest BCUT2D eigenvalue weighted by Gasteiger charge is -2.06. The zero-order valence-electron chi connectivity index (χ0n) is 6.70. The van der Waals surface area contributed by atoms with Crippen LogP contribution < -0.4 is 5.30 Å². The molecule has 1 aliphatic carbocycles. The first-order valence-corrected chi connectivity index (χ1v) is 4.99. The van der Waals surface area contributed by atoms with Crippen molar-refractivity contribution in [3.63, 3.8) is 0 Å². The highest BCUT2D eigenvalue weighted by Gasteiger charge is 2.16. The highest BCUT2D eigenvalue weighted by Crippen LogP contribution is 2.37. The quantitative estimate of drug-likeness (QED) is 0.602. The smallest absolute Gasteiger partial charge is 0.00886 e. The van der Waals surface area contributed by atoms with Gasteiger partial charge >= 0.3 is 0 Å². The van der Waals surface area contributed by atoms with Crippen LogP contribution >= 0.6 is 8.58 Å². The van der Waals surface area contributed by atoms with E-state index in [0.717, 1.165) is 8.58 Å². The SMILES string of the molecule is [CH]1[CH][CH][C](Pc2ccccc2)[CH]1. The molecule has 1 atom stereocenters. The van der Waals surface area contributed by atoms with Gasteiger partial charge in [0.05, 0.1) is 0 Å². The first-order valence-electron chi connectivity index (χ1n) is 3.99. The summed E-state index contributed by atoms with van der Waals surface area (Å²) in [6.45, 7) is 0. The van der Waals surface area contributed by atoms with Crippen molar-refractivity contribution in [1.29, 1.82) is 0 Å². The lowest BCUT2D eigenvalue weighted by molar-refractivity contribution is 1.54. The molecule has 1 aromatic carbocycles. The minimum absolute atomic E-state index is 0.801. The van der Waals surface area contributed by atoms with Gasteiger partial charge in [-0.3, -0.25) is 0 Å². The monoisotopic (exact) mass is 173 g/mol. The molecule has 5 radical (unpaired) electrons. The third kappa shape index (κ3) is 2.08. The summed E-state index contributed by atoms with van der Waals surface area (Å²) in [7, 11) is 0.801. The average Bonchev–Trinajstić information content (AvgIpc) is 2.59. The summed E-state index contributed by atoms with van der Waals surface area (Å²) in [5.74, 6) is 0. The minimum atomic E-state index is 0.801. The summed E-state index contributed by atoms with van der Waals surface area (Å²) in [6, 6.07) is 10.6. The Morgan fingerprint density at radius 1 is 0.833 bits per heavy atom. The summed E-state index contributed by atoms with van der Waals surface area (Å²) in [4.78, 5) is 0. The molecule has 1 fully saturated rings. The Morgan fingerprint density at radius 2 is 1.50 bits per heavy atom. The summed E-state index contributed by atoms with van der Waals surface area (Å²) in [5.41, 5.74) is 1.42. The highest BCUT2D eigenvalue weighted by molar-refractivity contribution is 7.51. The van der Waals surface area contributed by atoms with E-state index in [1.54, 1.807) is 0 Å². The van der Waals surface area contributed by atoms with Crippen molar-refractivity contribution < 1.29 is 0 Å². The topological polar surface area (TPSA) is 0 Å². The van der Waals surface area contributed by atoms with Gasteiger partial charge in [-0.1, -0.05) is 38.9 Å². The van der Waals surface area contributed by atoms with Gasteiger partial charge in [-0.25, -0.2) is 0 Å². The molecule has 59 valence electrons. The Balaban J connectivity index is 1.94. The molecule has 0 bridgehead atoms. The average molecular weight is 173 g/mol. The molecule has 12 heavy (non-hydrogen) atoms. The van der Waals surface area contributed by atoms with Gasteiger partial charge in [0.1, 0.15) is 0 Å². The summed E-state index contributed by atoms with van der Waals surface area (Å²) < 4.78 is 0. The molecule has 0 spiro atoms. The predicted molar refractivity (Wildman–Crippen MR) is 54.8 cm³/mol. The molecule has 0 amide bonds. The van der Waals surface area contributed by atoms with E-state index in [-0.39, 0.29) is 0 Å². The van der Waals surface area contributed by atoms with Crippen LogP contribution in [-0.4, -0.2) is 0 Å². The van der Waals surface area contributed by atoms with Crippen LogP contribution in [0.5, 0.6) is 0 Å². The molecule has 0 N–H and O–H groups in total. The van der Waals surface area contributed by atoms with Gasteiger partial charge in [-0.05, 0) is 31.0 Å². The normalized spacial score (nSPS) is 19.3. The van der Waals surface area contributed by atoms with Crippen molar-refractivity contribution in [2.75, 3.05) is 0 Å². The maximum Gasteiger partial charge on any atom is 0.00886 e. The molecule has 0 nitrogen and oxygen atoms in total. The third-order valence-corrected chi connectivity index (χ3v) is 2.97. The molecule has 1 saturated carbocycles. The third-order valence-electron chi connectivity index (χ3n) is 1.73. The standard InChI is InChI=1S/C11H10P/c1-2-6-10(7-3-1)12-11-8-4-5-9-11/h1-9,12H. The van der Waals surface area contributed by atoms with Crippen molar-refractivity contribution in [1.82, 2.24) is 0 Å². The molecular weight excluding hydrogens is 163 g/mol. The van der Waals surface area contributed by atoms with E-state index in [4.69, 9.17) is 0 Å². The second-order valence-electron chi connectivity index (χ2n) is 2.66. The van der Waals surface area contributed by atoms with Crippen LogP contribution in [-0.2, 0) is 0 Å². The lowest BCUT2D eigenvalue weighted by Crippen LogP contribution is -1.95. The van der Waals surface area contributed by atoms with Gasteiger partial charge in [-0.15, -0.1) is 0 Å². The van der Waals surface area contributed by atoms with Gasteiger partial charge in [0.2, 0.25) is 0 Å². The number of hydrogen-bond donors (Lipinski definition) is 0. The van der Waals surface area contributed by atoms with Crippen molar-refractivity contribution >= 4 is 13.9 Å². The molecule has 0 saturated heterocycles. The van der Waals surface area contributed by atoms with E-state index in [1.165, 1.54) is 11.0 Å². The molecule has 1 heteroatoms. The Kier molecular flexibility index (Phi) is 2.79. The van der Waals surface area contributed by atoms with Crippen molar-refractivity contribution in [2.45, 2.75) is 0 Å². The molecule has 0 aliphatic heterocycles. The molecule has 1 aliphatic rings. The van der Waals surface area contributed by atoms with Gasteiger partial charge in [0.25, 0.3) is 0 Å². The molecular formula is C11H10P. The second kappa shape index (κ2) is 4.05. The van der Waals surface area contributed by atoms with E-state index >= 15 is 0 Å². The second-order valence-corrected chi connectivity index (χ2v) is 4.07. The molecule has 2 rings (SSSR count). The van der Waals surface area contributed by atoms with Crippen LogP contribution in [0.2, 0.25) is 0 Å². The van der Waals surface area contributed by atoms with Crippen LogP contribution in [0.25, 0.3) is 0 Å². The maximum absolute atomic E-state index is 2.17. The van der Waals surface area contributed by atoms with Crippen LogP contribution in [0, 0.1) is 31.3 Å². The van der Waals surface area contributed by atoms with Crippen LogP contribution in [0.1, 0.15) is 0 Å². The molecule has 1 unspecified atom stereocenters. The van der Waals surface area contributed by atoms with Gasteiger partial charge in [0.15, 0.2) is 0 Å². The van der Waals surface area contributed by atoms with Gasteiger partial charge in [-0.2, -0.15) is 0 Å². The van der Waals surface area contributed by atoms with Crippen molar-refractivity contribution in [3.05, 3.63) is 61.7 Å². The fourth-order valence-corrected chi connectivity index (χ4v) is 2.20. The fourth-order valence-electron chi connectivity index (χ4n) is 1.15. The Labute approximate surface area is 76.2 Å². The minimum Gasteiger partial charge on any atom is -0.0825 e. The highest BCUT2D eigenvalue weighted by atomic mass is 31.1. The van der Waals surface area contributed by atoms with E-state index in [9.17, 15) is 0 Å². The lowest BCUT2D eigenvalue weighted by atomic mass is 10.4. The summed E-state index contributed by atoms with van der Waals surface area (Å²) >= 11 is 0. The van der Waals surface area contributed by atoms with E-state index in [1.807, 2.05) is 0 Å². The van der Waals surface area contributed by atoms with E-state index in [0.29, 0.717) is 0 Å². The summed E-state index contributed by atoms with van der Waals surface area (Å²) in [6.07, 6.45) is 8.52. The Morgan fingerprint density at radius 3 is 2.17 bits per heavy atom. The summed E-state index contributed by atoms with van der Waals surface area (Å²) in [5, 5.41) is 1.41. The van der Waals surface area contributed by atoms with Crippen molar-refractivity contribution in [3.8, 4) is 0 Å². The number of rotatable bonds is 2. The maximum atomic E-state index is 2.17. The number of benzene rings is 1. The van der Waals surface area contributed by atoms with Crippen molar-refractivity contribution in [2.24, 2.45) is 0 Å². The van der Waals surface area contributed by atoms with E-state index < -0.39 is 0 Å². The zero-order valence-corrected chi connectivity index (χ0v) is 7.70. The largest absolute Gasteiger partial charge is 0.0825 e.